The van der Waals surface area contributed by atoms with Gasteiger partial charge < -0.3 is 24.0 Å². The lowest BCUT2D eigenvalue weighted by Gasteiger charge is -1.99. The standard InChI is InChI=1S/C6H10N2.HI/c1-2-4-8-5-3-7-6-8;/h3,5-6H,2,4H2,1H3;1H. The Kier molecular flexibility index (Phi) is 4.99. The molecule has 0 aliphatic carbocycles. The van der Waals surface area contributed by atoms with Crippen LogP contribution >= 0.6 is 0 Å². The third-order valence-corrected chi connectivity index (χ3v) is 1.15. The summed E-state index contributed by atoms with van der Waals surface area (Å²) in [7, 11) is 0. The van der Waals surface area contributed by atoms with Gasteiger partial charge in [-0.3, -0.25) is 4.90 Å². The fourth-order valence-corrected chi connectivity index (χ4v) is 0.757. The van der Waals surface area contributed by atoms with E-state index in [1.54, 1.807) is 0 Å². The second-order valence-electron chi connectivity index (χ2n) is 1.92. The van der Waals surface area contributed by atoms with Crippen molar-refractivity contribution >= 4 is 6.34 Å². The van der Waals surface area contributed by atoms with Crippen molar-refractivity contribution in [2.75, 3.05) is 6.54 Å². The third-order valence-electron chi connectivity index (χ3n) is 1.15. The number of halogens is 1. The molecule has 9 heavy (non-hydrogen) atoms. The van der Waals surface area contributed by atoms with Crippen LogP contribution in [0.2, 0.25) is 0 Å². The van der Waals surface area contributed by atoms with Gasteiger partial charge in [-0.25, -0.2) is 4.99 Å². The van der Waals surface area contributed by atoms with Crippen molar-refractivity contribution in [2.45, 2.75) is 13.3 Å². The van der Waals surface area contributed by atoms with Gasteiger partial charge in [0.15, 0.2) is 6.34 Å². The molecule has 0 amide bonds. The second-order valence-corrected chi connectivity index (χ2v) is 1.92. The van der Waals surface area contributed by atoms with E-state index in [0.717, 1.165) is 0 Å². The van der Waals surface area contributed by atoms with E-state index >= 15 is 0 Å². The van der Waals surface area contributed by atoms with E-state index in [-0.39, 0.29) is 24.0 Å². The minimum atomic E-state index is 0. The Morgan fingerprint density at radius 3 is 2.78 bits per heavy atom. The number of nitrogens with zero attached hydrogens (tertiary/aromatic N) is 1. The molecule has 1 aliphatic heterocycles. The molecule has 1 unspecified atom stereocenters. The highest BCUT2D eigenvalue weighted by molar-refractivity contribution is 5.47. The molecule has 0 aromatic heterocycles. The third kappa shape index (κ3) is 2.95. The number of nitrogens with one attached hydrogen (secondary N) is 1. The van der Waals surface area contributed by atoms with Gasteiger partial charge in [-0.2, -0.15) is 0 Å². The van der Waals surface area contributed by atoms with Crippen LogP contribution in [0, 0.1) is 0 Å². The highest BCUT2D eigenvalue weighted by Crippen LogP contribution is 1.71. The number of rotatable bonds is 2. The molecule has 1 heterocycles. The Labute approximate surface area is 72.7 Å². The largest absolute Gasteiger partial charge is 1.00 e. The van der Waals surface area contributed by atoms with E-state index in [2.05, 4.69) is 18.1 Å². The normalized spacial score (nSPS) is 22.1. The summed E-state index contributed by atoms with van der Waals surface area (Å²) in [5.41, 5.74) is 0. The first-order chi connectivity index (χ1) is 3.93. The Morgan fingerprint density at radius 1 is 1.56 bits per heavy atom. The molecular formula is C6H11IN2. The Hall–Kier alpha value is 0.100. The molecule has 0 aromatic carbocycles. The van der Waals surface area contributed by atoms with Crippen LogP contribution < -0.4 is 28.9 Å². The van der Waals surface area contributed by atoms with Gasteiger partial charge in [-0.05, 0) is 6.42 Å². The van der Waals surface area contributed by atoms with Gasteiger partial charge in [0.2, 0.25) is 0 Å². The zero-order chi connectivity index (χ0) is 5.82. The number of quaternary nitrogens is 1. The van der Waals surface area contributed by atoms with Gasteiger partial charge in [0, 0.05) is 0 Å². The zero-order valence-corrected chi connectivity index (χ0v) is 7.63. The van der Waals surface area contributed by atoms with Gasteiger partial charge in [-0.1, -0.05) is 6.92 Å². The second kappa shape index (κ2) is 4.93. The molecule has 1 rings (SSSR count). The molecule has 0 spiro atoms. The van der Waals surface area contributed by atoms with Gasteiger partial charge in [-0.15, -0.1) is 0 Å². The molecule has 3 heteroatoms. The molecule has 52 valence electrons. The van der Waals surface area contributed by atoms with Crippen LogP contribution in [0.25, 0.3) is 0 Å². The molecule has 0 fully saturated rings. The summed E-state index contributed by atoms with van der Waals surface area (Å²) in [5, 5.41) is 0. The predicted octanol–water partition coefficient (Wildman–Crippen LogP) is -3.20. The molecule has 1 atom stereocenters. The van der Waals surface area contributed by atoms with Crippen LogP contribution in [-0.2, 0) is 0 Å². The van der Waals surface area contributed by atoms with Crippen LogP contribution in [0.5, 0.6) is 0 Å². The average Bonchev–Trinajstić information content (AvgIpc) is 2.19. The maximum atomic E-state index is 3.94. The van der Waals surface area contributed by atoms with Crippen molar-refractivity contribution in [3.8, 4) is 0 Å². The topological polar surface area (TPSA) is 16.8 Å². The molecule has 0 bridgehead atoms. The smallest absolute Gasteiger partial charge is 0.193 e. The highest BCUT2D eigenvalue weighted by Gasteiger charge is 2.00. The maximum Gasteiger partial charge on any atom is 0.193 e. The van der Waals surface area contributed by atoms with Crippen molar-refractivity contribution in [3.63, 3.8) is 0 Å². The fraction of sp³-hybridized carbons (Fsp3) is 0.500. The lowest BCUT2D eigenvalue weighted by atomic mass is 10.5. The van der Waals surface area contributed by atoms with E-state index in [9.17, 15) is 0 Å². The SMILES string of the molecule is CCC[NH+]1C=CN=C1.[I-]. The van der Waals surface area contributed by atoms with Crippen molar-refractivity contribution < 1.29 is 28.9 Å². The minimum absolute atomic E-state index is 0. The first-order valence-electron chi connectivity index (χ1n) is 2.99. The van der Waals surface area contributed by atoms with Crippen LogP contribution in [0.3, 0.4) is 0 Å². The monoisotopic (exact) mass is 238 g/mol. The van der Waals surface area contributed by atoms with Crippen LogP contribution in [-0.4, -0.2) is 12.9 Å². The number of aliphatic imine (C=N–C) groups is 1. The van der Waals surface area contributed by atoms with Crippen molar-refractivity contribution in [2.24, 2.45) is 4.99 Å². The van der Waals surface area contributed by atoms with Gasteiger partial charge >= 0.3 is 0 Å². The maximum absolute atomic E-state index is 3.94. The first kappa shape index (κ1) is 9.10. The summed E-state index contributed by atoms with van der Waals surface area (Å²) in [6.07, 6.45) is 7.03. The first-order valence-corrected chi connectivity index (χ1v) is 2.99. The molecule has 1 aliphatic rings. The summed E-state index contributed by atoms with van der Waals surface area (Å²) in [5.74, 6) is 0. The number of hydrogen-bond acceptors (Lipinski definition) is 1. The van der Waals surface area contributed by atoms with Crippen molar-refractivity contribution in [1.82, 2.24) is 0 Å². The van der Waals surface area contributed by atoms with Crippen LogP contribution in [0.1, 0.15) is 13.3 Å². The minimum Gasteiger partial charge on any atom is -1.00 e. The summed E-state index contributed by atoms with van der Waals surface area (Å²) in [4.78, 5) is 5.29. The quantitative estimate of drug-likeness (QED) is 0.488. The van der Waals surface area contributed by atoms with Gasteiger partial charge in [0.25, 0.3) is 0 Å². The molecular weight excluding hydrogens is 227 g/mol. The Morgan fingerprint density at radius 2 is 2.33 bits per heavy atom. The highest BCUT2D eigenvalue weighted by atomic mass is 127. The van der Waals surface area contributed by atoms with E-state index in [1.165, 1.54) is 17.9 Å². The summed E-state index contributed by atoms with van der Waals surface area (Å²) >= 11 is 0. The lowest BCUT2D eigenvalue weighted by Crippen LogP contribution is -3.05. The summed E-state index contributed by atoms with van der Waals surface area (Å²) in [6.45, 7) is 3.34. The van der Waals surface area contributed by atoms with Crippen LogP contribution in [0.15, 0.2) is 17.4 Å². The lowest BCUT2D eigenvalue weighted by molar-refractivity contribution is -0.736. The van der Waals surface area contributed by atoms with E-state index in [0.29, 0.717) is 0 Å². The fourth-order valence-electron chi connectivity index (χ4n) is 0.757. The molecule has 0 saturated carbocycles. The molecule has 1 N–H and O–H groups in total. The zero-order valence-electron chi connectivity index (χ0n) is 5.47. The molecule has 0 saturated heterocycles. The van der Waals surface area contributed by atoms with Crippen molar-refractivity contribution in [1.29, 1.82) is 0 Å². The van der Waals surface area contributed by atoms with Crippen LogP contribution in [0.4, 0.5) is 0 Å². The average molecular weight is 238 g/mol. The Bertz CT molecular complexity index is 108. The Balaban J connectivity index is 0.000000640. The van der Waals surface area contributed by atoms with E-state index in [1.807, 2.05) is 12.5 Å². The van der Waals surface area contributed by atoms with Gasteiger partial charge in [0.05, 0.1) is 12.7 Å². The number of hydrogen-bond donors (Lipinski definition) is 1. The molecule has 2 nitrogen and oxygen atoms in total. The molecule has 0 radical (unpaired) electrons. The summed E-state index contributed by atoms with van der Waals surface area (Å²) < 4.78 is 0. The molecule has 0 aromatic rings. The summed E-state index contributed by atoms with van der Waals surface area (Å²) in [6, 6.07) is 0. The predicted molar refractivity (Wildman–Crippen MR) is 33.8 cm³/mol. The van der Waals surface area contributed by atoms with Crippen molar-refractivity contribution in [3.05, 3.63) is 12.4 Å². The van der Waals surface area contributed by atoms with E-state index in [4.69, 9.17) is 0 Å². The van der Waals surface area contributed by atoms with Gasteiger partial charge in [0.1, 0.15) is 6.20 Å². The van der Waals surface area contributed by atoms with E-state index < -0.39 is 0 Å².